The van der Waals surface area contributed by atoms with Crippen LogP contribution in [0, 0.1) is 0 Å². The summed E-state index contributed by atoms with van der Waals surface area (Å²) < 4.78 is 0. The van der Waals surface area contributed by atoms with Crippen molar-refractivity contribution in [2.75, 3.05) is 0 Å². The summed E-state index contributed by atoms with van der Waals surface area (Å²) in [5.41, 5.74) is 11.9. The van der Waals surface area contributed by atoms with Gasteiger partial charge in [0.2, 0.25) is 0 Å². The maximum Gasteiger partial charge on any atom is 0.428 e. The van der Waals surface area contributed by atoms with Crippen molar-refractivity contribution in [2.24, 2.45) is 11.5 Å². The summed E-state index contributed by atoms with van der Waals surface area (Å²) >= 11 is 0. The highest BCUT2D eigenvalue weighted by Gasteiger charge is 2.03. The molecule has 9 heteroatoms. The van der Waals surface area contributed by atoms with Crippen LogP contribution in [0.3, 0.4) is 0 Å². The third kappa shape index (κ3) is 5.94. The quantitative estimate of drug-likeness (QED) is 0.327. The molecule has 68 valence electrons. The number of hydrogen-bond acceptors (Lipinski definition) is 5. The number of carbonyl (C=O) groups is 3. The zero-order chi connectivity index (χ0) is 9.56. The van der Waals surface area contributed by atoms with Crippen molar-refractivity contribution in [1.82, 2.24) is 11.0 Å². The minimum atomic E-state index is -1.22. The lowest BCUT2D eigenvalue weighted by Gasteiger charge is -2.03. The Kier molecular flexibility index (Phi) is 3.76. The van der Waals surface area contributed by atoms with Crippen LogP contribution in [0.5, 0.6) is 0 Å². The lowest BCUT2D eigenvalue weighted by molar-refractivity contribution is 0.0742. The number of amides is 4. The summed E-state index contributed by atoms with van der Waals surface area (Å²) in [4.78, 5) is 37.7. The van der Waals surface area contributed by atoms with E-state index >= 15 is 0 Å². The minimum absolute atomic E-state index is 1.10. The Morgan fingerprint density at radius 3 is 1.50 bits per heavy atom. The molecule has 0 unspecified atom stereocenters. The van der Waals surface area contributed by atoms with Crippen molar-refractivity contribution in [1.29, 1.82) is 0 Å². The summed E-state index contributed by atoms with van der Waals surface area (Å²) in [6, 6.07) is -1.10. The van der Waals surface area contributed by atoms with Crippen LogP contribution >= 0.6 is 0 Å². The Balaban J connectivity index is 3.47. The summed E-state index contributed by atoms with van der Waals surface area (Å²) in [6.45, 7) is 0. The lowest BCUT2D eigenvalue weighted by Crippen LogP contribution is -2.40. The van der Waals surface area contributed by atoms with Gasteiger partial charge in [-0.2, -0.15) is 11.0 Å². The number of nitrogens with one attached hydrogen (secondary N) is 2. The topological polar surface area (TPSA) is 146 Å². The molecule has 0 aliphatic carbocycles. The fourth-order valence-electron chi connectivity index (χ4n) is 0.214. The van der Waals surface area contributed by atoms with Crippen LogP contribution in [0.25, 0.3) is 0 Å². The standard InChI is InChI=1S/C3H6N4O5/c4-1(8)11-6-3(10)7-12-2(5)9/h(H2,4,8)(H2,5,9)(H2,6,7,10). The average Bonchev–Trinajstić information content (AvgIpc) is 1.96. The number of carbonyl (C=O) groups excluding carboxylic acids is 3. The Morgan fingerprint density at radius 1 is 0.917 bits per heavy atom. The summed E-state index contributed by atoms with van der Waals surface area (Å²) in [6.07, 6.45) is -2.44. The van der Waals surface area contributed by atoms with E-state index < -0.39 is 18.2 Å². The van der Waals surface area contributed by atoms with Gasteiger partial charge >= 0.3 is 18.2 Å². The van der Waals surface area contributed by atoms with Gasteiger partial charge in [0, 0.05) is 0 Å². The molecule has 0 saturated heterocycles. The molecular weight excluding hydrogens is 172 g/mol. The number of hydroxylamine groups is 2. The van der Waals surface area contributed by atoms with E-state index in [0.29, 0.717) is 0 Å². The minimum Gasteiger partial charge on any atom is -0.333 e. The van der Waals surface area contributed by atoms with Crippen molar-refractivity contribution < 1.29 is 24.1 Å². The Bertz CT molecular complexity index is 183. The zero-order valence-electron chi connectivity index (χ0n) is 5.70. The van der Waals surface area contributed by atoms with Crippen molar-refractivity contribution in [3.63, 3.8) is 0 Å². The van der Waals surface area contributed by atoms with Crippen LogP contribution in [-0.2, 0) is 9.68 Å². The largest absolute Gasteiger partial charge is 0.428 e. The summed E-state index contributed by atoms with van der Waals surface area (Å²) in [5, 5.41) is 0. The molecule has 0 aromatic rings. The van der Waals surface area contributed by atoms with Crippen molar-refractivity contribution >= 4 is 18.2 Å². The van der Waals surface area contributed by atoms with Gasteiger partial charge in [-0.3, -0.25) is 0 Å². The molecule has 4 amide bonds. The third-order valence-corrected chi connectivity index (χ3v) is 0.489. The molecule has 9 nitrogen and oxygen atoms in total. The fraction of sp³-hybridized carbons (Fsp3) is 0. The van der Waals surface area contributed by atoms with Gasteiger partial charge in [0.25, 0.3) is 0 Å². The number of rotatable bonds is 0. The Labute approximate surface area is 65.9 Å². The highest BCUT2D eigenvalue weighted by Crippen LogP contribution is 1.69. The molecule has 0 rings (SSSR count). The molecular formula is C3H6N4O5. The molecule has 0 radical (unpaired) electrons. The Hall–Kier alpha value is -2.19. The molecule has 12 heavy (non-hydrogen) atoms. The van der Waals surface area contributed by atoms with E-state index in [1.165, 1.54) is 11.0 Å². The van der Waals surface area contributed by atoms with E-state index in [4.69, 9.17) is 0 Å². The second-order valence-corrected chi connectivity index (χ2v) is 1.38. The monoisotopic (exact) mass is 178 g/mol. The van der Waals surface area contributed by atoms with Crippen molar-refractivity contribution in [2.45, 2.75) is 0 Å². The normalized spacial score (nSPS) is 8.00. The molecule has 0 fully saturated rings. The number of hydrogen-bond donors (Lipinski definition) is 4. The van der Waals surface area contributed by atoms with Gasteiger partial charge in [-0.25, -0.2) is 14.4 Å². The Morgan fingerprint density at radius 2 is 1.25 bits per heavy atom. The van der Waals surface area contributed by atoms with Crippen LogP contribution in [0.1, 0.15) is 0 Å². The van der Waals surface area contributed by atoms with Gasteiger partial charge in [-0.05, 0) is 0 Å². The van der Waals surface area contributed by atoms with E-state index in [0.717, 1.165) is 0 Å². The highest BCUT2D eigenvalue weighted by atomic mass is 16.7. The molecule has 0 heterocycles. The van der Waals surface area contributed by atoms with E-state index in [1.807, 2.05) is 0 Å². The van der Waals surface area contributed by atoms with Crippen molar-refractivity contribution in [3.8, 4) is 0 Å². The first-order valence-corrected chi connectivity index (χ1v) is 2.51. The second-order valence-electron chi connectivity index (χ2n) is 1.38. The van der Waals surface area contributed by atoms with Crippen LogP contribution in [0.4, 0.5) is 14.4 Å². The van der Waals surface area contributed by atoms with Gasteiger partial charge < -0.3 is 21.1 Å². The molecule has 0 saturated carbocycles. The number of nitrogens with two attached hydrogens (primary N) is 2. The lowest BCUT2D eigenvalue weighted by atomic mass is 11.1. The average molecular weight is 178 g/mol. The second kappa shape index (κ2) is 4.60. The maximum atomic E-state index is 10.4. The highest BCUT2D eigenvalue weighted by molar-refractivity contribution is 5.76. The molecule has 6 N–H and O–H groups in total. The van der Waals surface area contributed by atoms with Gasteiger partial charge in [0.1, 0.15) is 0 Å². The van der Waals surface area contributed by atoms with Crippen LogP contribution in [-0.4, -0.2) is 18.2 Å². The van der Waals surface area contributed by atoms with Gasteiger partial charge in [0.15, 0.2) is 0 Å². The SMILES string of the molecule is NC(=O)ONC(=O)NOC(N)=O. The van der Waals surface area contributed by atoms with Crippen LogP contribution < -0.4 is 22.4 Å². The first-order valence-electron chi connectivity index (χ1n) is 2.51. The first kappa shape index (κ1) is 9.81. The molecule has 0 aliphatic rings. The molecule has 0 bridgehead atoms. The predicted molar refractivity (Wildman–Crippen MR) is 33.0 cm³/mol. The molecule has 0 aromatic heterocycles. The van der Waals surface area contributed by atoms with Gasteiger partial charge in [0.05, 0.1) is 0 Å². The van der Waals surface area contributed by atoms with E-state index in [-0.39, 0.29) is 0 Å². The molecule has 0 spiro atoms. The van der Waals surface area contributed by atoms with Crippen LogP contribution in [0.2, 0.25) is 0 Å². The third-order valence-electron chi connectivity index (χ3n) is 0.489. The van der Waals surface area contributed by atoms with Crippen LogP contribution in [0.15, 0.2) is 0 Å². The van der Waals surface area contributed by atoms with Gasteiger partial charge in [-0.15, -0.1) is 0 Å². The first-order chi connectivity index (χ1) is 5.52. The summed E-state index contributed by atoms with van der Waals surface area (Å²) in [5.74, 6) is 0. The number of primary amides is 2. The number of urea groups is 1. The van der Waals surface area contributed by atoms with Crippen molar-refractivity contribution in [3.05, 3.63) is 0 Å². The zero-order valence-corrected chi connectivity index (χ0v) is 5.70. The predicted octanol–water partition coefficient (Wildman–Crippen LogP) is -1.69. The van der Waals surface area contributed by atoms with E-state index in [1.54, 1.807) is 0 Å². The molecule has 0 atom stereocenters. The van der Waals surface area contributed by atoms with E-state index in [9.17, 15) is 14.4 Å². The summed E-state index contributed by atoms with van der Waals surface area (Å²) in [7, 11) is 0. The molecule has 0 aliphatic heterocycles. The van der Waals surface area contributed by atoms with E-state index in [2.05, 4.69) is 21.1 Å². The maximum absolute atomic E-state index is 10.4. The van der Waals surface area contributed by atoms with Gasteiger partial charge in [-0.1, -0.05) is 0 Å². The smallest absolute Gasteiger partial charge is 0.333 e. The fourth-order valence-corrected chi connectivity index (χ4v) is 0.214. The molecule has 0 aromatic carbocycles.